The van der Waals surface area contributed by atoms with E-state index in [0.717, 1.165) is 0 Å². The zero-order valence-electron chi connectivity index (χ0n) is 14.7. The number of alkyl carbamates (subject to hydrolysis) is 1. The molecule has 0 radical (unpaired) electrons. The van der Waals surface area contributed by atoms with Gasteiger partial charge in [-0.05, 0) is 52.7 Å². The fourth-order valence-corrected chi connectivity index (χ4v) is 2.11. The highest BCUT2D eigenvalue weighted by Crippen LogP contribution is 2.28. The standard InChI is InChI=1S/C18H26FNO3/c1-12(21)10-15(20-16(22)23-17(2,3)4)13-8-7-9-14(11-13)18(5,6)19/h7-9,11,15H,10H2,1-6H3,(H,20,22). The number of hydrogen-bond donors (Lipinski definition) is 1. The van der Waals surface area contributed by atoms with Crippen molar-refractivity contribution >= 4 is 11.9 Å². The van der Waals surface area contributed by atoms with Crippen molar-refractivity contribution in [2.24, 2.45) is 0 Å². The number of rotatable bonds is 5. The zero-order chi connectivity index (χ0) is 17.8. The second-order valence-electron chi connectivity index (χ2n) is 7.20. The van der Waals surface area contributed by atoms with E-state index in [4.69, 9.17) is 4.74 Å². The largest absolute Gasteiger partial charge is 0.444 e. The Labute approximate surface area is 137 Å². The van der Waals surface area contributed by atoms with Crippen LogP contribution in [0.25, 0.3) is 0 Å². The van der Waals surface area contributed by atoms with Crippen molar-refractivity contribution in [3.8, 4) is 0 Å². The number of ketones is 1. The van der Waals surface area contributed by atoms with E-state index in [1.54, 1.807) is 45.0 Å². The van der Waals surface area contributed by atoms with Gasteiger partial charge in [-0.2, -0.15) is 0 Å². The summed E-state index contributed by atoms with van der Waals surface area (Å²) in [7, 11) is 0. The number of halogens is 1. The Morgan fingerprint density at radius 2 is 1.83 bits per heavy atom. The minimum absolute atomic E-state index is 0.0732. The molecule has 1 rings (SSSR count). The predicted molar refractivity (Wildman–Crippen MR) is 88.0 cm³/mol. The summed E-state index contributed by atoms with van der Waals surface area (Å²) in [5.41, 5.74) is -0.958. The van der Waals surface area contributed by atoms with Crippen molar-refractivity contribution in [2.45, 2.75) is 65.3 Å². The number of benzene rings is 1. The molecule has 1 atom stereocenters. The molecule has 23 heavy (non-hydrogen) atoms. The molecule has 0 heterocycles. The number of nitrogens with one attached hydrogen (secondary N) is 1. The summed E-state index contributed by atoms with van der Waals surface area (Å²) in [6.45, 7) is 9.67. The lowest BCUT2D eigenvalue weighted by molar-refractivity contribution is -0.117. The van der Waals surface area contributed by atoms with E-state index in [1.165, 1.54) is 20.8 Å². The number of Topliss-reactive ketones (excluding diaryl/α,β-unsaturated/α-hetero) is 1. The van der Waals surface area contributed by atoms with Crippen LogP contribution in [-0.4, -0.2) is 17.5 Å². The molecule has 0 spiro atoms. The van der Waals surface area contributed by atoms with Gasteiger partial charge in [0.1, 0.15) is 17.1 Å². The molecule has 0 aromatic heterocycles. The van der Waals surface area contributed by atoms with Crippen LogP contribution in [0.15, 0.2) is 24.3 Å². The van der Waals surface area contributed by atoms with E-state index in [2.05, 4.69) is 5.32 Å². The van der Waals surface area contributed by atoms with Gasteiger partial charge in [-0.1, -0.05) is 24.3 Å². The molecule has 0 fully saturated rings. The highest BCUT2D eigenvalue weighted by Gasteiger charge is 2.24. The van der Waals surface area contributed by atoms with Gasteiger partial charge >= 0.3 is 6.09 Å². The molecule has 0 saturated carbocycles. The van der Waals surface area contributed by atoms with Crippen LogP contribution < -0.4 is 5.32 Å². The first-order valence-electron chi connectivity index (χ1n) is 7.67. The molecular formula is C18H26FNO3. The second-order valence-corrected chi connectivity index (χ2v) is 7.20. The summed E-state index contributed by atoms with van der Waals surface area (Å²) < 4.78 is 19.4. The van der Waals surface area contributed by atoms with Crippen LogP contribution in [0.3, 0.4) is 0 Å². The van der Waals surface area contributed by atoms with Crippen LogP contribution in [0.1, 0.15) is 65.1 Å². The van der Waals surface area contributed by atoms with Crippen LogP contribution in [0, 0.1) is 0 Å². The molecular weight excluding hydrogens is 297 g/mol. The quantitative estimate of drug-likeness (QED) is 0.871. The Kier molecular flexibility index (Phi) is 5.92. The van der Waals surface area contributed by atoms with E-state index >= 15 is 0 Å². The maximum atomic E-state index is 14.1. The predicted octanol–water partition coefficient (Wildman–Crippen LogP) is 4.44. The van der Waals surface area contributed by atoms with Gasteiger partial charge in [0.2, 0.25) is 0 Å². The second kappa shape index (κ2) is 7.11. The van der Waals surface area contributed by atoms with Crippen molar-refractivity contribution in [1.82, 2.24) is 5.32 Å². The van der Waals surface area contributed by atoms with Crippen LogP contribution in [0.5, 0.6) is 0 Å². The summed E-state index contributed by atoms with van der Waals surface area (Å²) in [4.78, 5) is 23.5. The summed E-state index contributed by atoms with van der Waals surface area (Å²) in [6, 6.07) is 6.28. The van der Waals surface area contributed by atoms with E-state index < -0.39 is 23.4 Å². The van der Waals surface area contributed by atoms with Crippen molar-refractivity contribution in [2.75, 3.05) is 0 Å². The Morgan fingerprint density at radius 3 is 2.30 bits per heavy atom. The van der Waals surface area contributed by atoms with Crippen LogP contribution >= 0.6 is 0 Å². The molecule has 0 saturated heterocycles. The van der Waals surface area contributed by atoms with Gasteiger partial charge in [0.05, 0.1) is 6.04 Å². The Bertz CT molecular complexity index is 570. The summed E-state index contributed by atoms with van der Waals surface area (Å²) in [6.07, 6.45) is -0.483. The highest BCUT2D eigenvalue weighted by molar-refractivity contribution is 5.77. The molecule has 0 aliphatic heterocycles. The molecule has 1 aromatic carbocycles. The van der Waals surface area contributed by atoms with Crippen molar-refractivity contribution in [3.05, 3.63) is 35.4 Å². The maximum absolute atomic E-state index is 14.1. The van der Waals surface area contributed by atoms with Crippen molar-refractivity contribution in [1.29, 1.82) is 0 Å². The van der Waals surface area contributed by atoms with E-state index in [-0.39, 0.29) is 12.2 Å². The molecule has 0 bridgehead atoms. The number of hydrogen-bond acceptors (Lipinski definition) is 3. The summed E-state index contributed by atoms with van der Waals surface area (Å²) in [5.74, 6) is -0.0732. The SMILES string of the molecule is CC(=O)CC(NC(=O)OC(C)(C)C)c1cccc(C(C)(C)F)c1. The van der Waals surface area contributed by atoms with Crippen molar-refractivity contribution < 1.29 is 18.7 Å². The maximum Gasteiger partial charge on any atom is 0.408 e. The molecule has 1 aromatic rings. The lowest BCUT2D eigenvalue weighted by Crippen LogP contribution is -2.35. The van der Waals surface area contributed by atoms with Gasteiger partial charge < -0.3 is 10.1 Å². The third-order valence-electron chi connectivity index (χ3n) is 3.16. The minimum Gasteiger partial charge on any atom is -0.444 e. The molecule has 0 aliphatic rings. The van der Waals surface area contributed by atoms with E-state index in [9.17, 15) is 14.0 Å². The number of ether oxygens (including phenoxy) is 1. The summed E-state index contributed by atoms with van der Waals surface area (Å²) >= 11 is 0. The molecule has 5 heteroatoms. The number of amides is 1. The Hall–Kier alpha value is -1.91. The van der Waals surface area contributed by atoms with Gasteiger partial charge in [-0.25, -0.2) is 9.18 Å². The van der Waals surface area contributed by atoms with Crippen LogP contribution in [0.2, 0.25) is 0 Å². The highest BCUT2D eigenvalue weighted by atomic mass is 19.1. The Balaban J connectivity index is 3.03. The van der Waals surface area contributed by atoms with Crippen molar-refractivity contribution in [3.63, 3.8) is 0 Å². The normalized spacial score (nSPS) is 13.3. The monoisotopic (exact) mass is 323 g/mol. The summed E-state index contributed by atoms with van der Waals surface area (Å²) in [5, 5.41) is 2.70. The van der Waals surface area contributed by atoms with Crippen LogP contribution in [0.4, 0.5) is 9.18 Å². The number of carbonyl (C=O) groups excluding carboxylic acids is 2. The molecule has 4 nitrogen and oxygen atoms in total. The third kappa shape index (κ3) is 6.80. The molecule has 0 aliphatic carbocycles. The molecule has 1 N–H and O–H groups in total. The van der Waals surface area contributed by atoms with E-state index in [1.807, 2.05) is 0 Å². The molecule has 128 valence electrons. The fourth-order valence-electron chi connectivity index (χ4n) is 2.11. The molecule has 1 unspecified atom stereocenters. The average Bonchev–Trinajstić information content (AvgIpc) is 2.34. The minimum atomic E-state index is -1.50. The number of alkyl halides is 1. The first-order chi connectivity index (χ1) is 10.4. The molecule has 1 amide bonds. The van der Waals surface area contributed by atoms with Gasteiger partial charge in [-0.3, -0.25) is 4.79 Å². The van der Waals surface area contributed by atoms with Gasteiger partial charge in [0.15, 0.2) is 0 Å². The Morgan fingerprint density at radius 1 is 1.22 bits per heavy atom. The first kappa shape index (κ1) is 19.1. The number of carbonyl (C=O) groups is 2. The van der Waals surface area contributed by atoms with Gasteiger partial charge in [-0.15, -0.1) is 0 Å². The first-order valence-corrected chi connectivity index (χ1v) is 7.67. The van der Waals surface area contributed by atoms with Gasteiger partial charge in [0, 0.05) is 6.42 Å². The van der Waals surface area contributed by atoms with E-state index in [0.29, 0.717) is 11.1 Å². The smallest absolute Gasteiger partial charge is 0.408 e. The van der Waals surface area contributed by atoms with Gasteiger partial charge in [0.25, 0.3) is 0 Å². The third-order valence-corrected chi connectivity index (χ3v) is 3.16. The van der Waals surface area contributed by atoms with Crippen LogP contribution in [-0.2, 0) is 15.2 Å². The zero-order valence-corrected chi connectivity index (χ0v) is 14.7. The fraction of sp³-hybridized carbons (Fsp3) is 0.556. The lowest BCUT2D eigenvalue weighted by Gasteiger charge is -2.24. The lowest BCUT2D eigenvalue weighted by atomic mass is 9.94. The topological polar surface area (TPSA) is 55.4 Å². The average molecular weight is 323 g/mol.